The molecular formula is C22H36O7. The molecule has 0 aromatic rings. The van der Waals surface area contributed by atoms with Crippen LogP contribution in [-0.2, 0) is 14.3 Å². The van der Waals surface area contributed by atoms with Crippen LogP contribution < -0.4 is 0 Å². The van der Waals surface area contributed by atoms with Gasteiger partial charge in [0.15, 0.2) is 6.10 Å². The van der Waals surface area contributed by atoms with Crippen molar-refractivity contribution in [3.63, 3.8) is 0 Å². The molecule has 7 heteroatoms. The molecule has 0 radical (unpaired) electrons. The van der Waals surface area contributed by atoms with E-state index in [1.54, 1.807) is 20.8 Å². The molecule has 3 aliphatic rings. The number of hydrogen-bond donors (Lipinski definition) is 4. The topological polar surface area (TPSA) is 116 Å². The van der Waals surface area contributed by atoms with E-state index in [4.69, 9.17) is 9.47 Å². The zero-order valence-electron chi connectivity index (χ0n) is 18.3. The molecule has 2 aliphatic carbocycles. The Labute approximate surface area is 172 Å². The number of fused-ring (bicyclic) bond motifs is 3. The molecule has 1 unspecified atom stereocenters. The zero-order chi connectivity index (χ0) is 22.2. The molecule has 1 aliphatic heterocycles. The van der Waals surface area contributed by atoms with Crippen LogP contribution in [0.15, 0.2) is 12.7 Å². The SMILES string of the molecule is C=C[C@@]1(C)CC(O)[C@]2(O)[C@@]3(C)[C@@H](O)CCC(C)(C)[C@@H]3[C@H](O)[C@H](OC(C)=O)[C@@]2(C)O1. The van der Waals surface area contributed by atoms with Crippen LogP contribution in [0.25, 0.3) is 0 Å². The fourth-order valence-corrected chi connectivity index (χ4v) is 6.91. The van der Waals surface area contributed by atoms with E-state index in [2.05, 4.69) is 6.58 Å². The van der Waals surface area contributed by atoms with E-state index >= 15 is 0 Å². The molecule has 0 bridgehead atoms. The Kier molecular flexibility index (Phi) is 5.09. The van der Waals surface area contributed by atoms with Crippen LogP contribution in [-0.4, -0.2) is 67.6 Å². The summed E-state index contributed by atoms with van der Waals surface area (Å²) >= 11 is 0. The molecule has 7 nitrogen and oxygen atoms in total. The van der Waals surface area contributed by atoms with Gasteiger partial charge in [0.05, 0.1) is 23.9 Å². The van der Waals surface area contributed by atoms with E-state index in [0.29, 0.717) is 12.8 Å². The van der Waals surface area contributed by atoms with Gasteiger partial charge in [-0.25, -0.2) is 0 Å². The summed E-state index contributed by atoms with van der Waals surface area (Å²) < 4.78 is 11.9. The first-order valence-electron chi connectivity index (χ1n) is 10.4. The molecule has 166 valence electrons. The van der Waals surface area contributed by atoms with Crippen LogP contribution >= 0.6 is 0 Å². The number of hydrogen-bond acceptors (Lipinski definition) is 7. The first-order valence-corrected chi connectivity index (χ1v) is 10.4. The Balaban J connectivity index is 2.31. The lowest BCUT2D eigenvalue weighted by Crippen LogP contribution is -2.87. The smallest absolute Gasteiger partial charge is 0.303 e. The summed E-state index contributed by atoms with van der Waals surface area (Å²) in [6, 6.07) is 0. The van der Waals surface area contributed by atoms with Crippen molar-refractivity contribution in [2.24, 2.45) is 16.7 Å². The number of esters is 1. The quantitative estimate of drug-likeness (QED) is 0.399. The van der Waals surface area contributed by atoms with Crippen LogP contribution in [0.1, 0.15) is 60.8 Å². The minimum Gasteiger partial charge on any atom is -0.457 e. The fourth-order valence-electron chi connectivity index (χ4n) is 6.91. The van der Waals surface area contributed by atoms with Gasteiger partial charge >= 0.3 is 5.97 Å². The molecule has 0 aromatic heterocycles. The van der Waals surface area contributed by atoms with Crippen molar-refractivity contribution in [1.29, 1.82) is 0 Å². The normalized spacial score (nSPS) is 54.1. The third kappa shape index (κ3) is 2.71. The maximum atomic E-state index is 12.2. The van der Waals surface area contributed by atoms with Crippen molar-refractivity contribution in [3.8, 4) is 0 Å². The Bertz CT molecular complexity index is 707. The highest BCUT2D eigenvalue weighted by molar-refractivity contribution is 5.66. The van der Waals surface area contributed by atoms with Gasteiger partial charge in [-0.3, -0.25) is 4.79 Å². The summed E-state index contributed by atoms with van der Waals surface area (Å²) in [4.78, 5) is 12.0. The lowest BCUT2D eigenvalue weighted by atomic mass is 9.39. The number of carbonyl (C=O) groups excluding carboxylic acids is 1. The molecule has 1 saturated heterocycles. The highest BCUT2D eigenvalue weighted by Gasteiger charge is 2.80. The van der Waals surface area contributed by atoms with E-state index < -0.39 is 63.9 Å². The average molecular weight is 413 g/mol. The van der Waals surface area contributed by atoms with Gasteiger partial charge in [0.1, 0.15) is 11.2 Å². The Morgan fingerprint density at radius 2 is 1.72 bits per heavy atom. The van der Waals surface area contributed by atoms with Crippen molar-refractivity contribution < 1.29 is 34.7 Å². The summed E-state index contributed by atoms with van der Waals surface area (Å²) in [7, 11) is 0. The van der Waals surface area contributed by atoms with Gasteiger partial charge in [0.25, 0.3) is 0 Å². The van der Waals surface area contributed by atoms with Crippen molar-refractivity contribution in [2.45, 2.75) is 102 Å². The summed E-state index contributed by atoms with van der Waals surface area (Å²) in [5.41, 5.74) is -6.47. The standard InChI is InChI=1S/C22H36O7/c1-8-19(5)11-14(25)22(27)20(6)13(24)9-10-18(3,4)16(20)15(26)17(28-12(2)23)21(22,7)29-19/h8,13-17,24-27H,1,9-11H2,2-7H3/t13-,14?,15-,16-,17-,19-,20-,21+,22-/m0/s1. The second-order valence-corrected chi connectivity index (χ2v) is 10.5. The van der Waals surface area contributed by atoms with Crippen molar-refractivity contribution in [3.05, 3.63) is 12.7 Å². The minimum absolute atomic E-state index is 0.0565. The van der Waals surface area contributed by atoms with E-state index in [9.17, 15) is 25.2 Å². The summed E-state index contributed by atoms with van der Waals surface area (Å²) in [6.07, 6.45) is -2.11. The molecule has 0 aromatic carbocycles. The van der Waals surface area contributed by atoms with Crippen LogP contribution in [0.2, 0.25) is 0 Å². The number of rotatable bonds is 2. The van der Waals surface area contributed by atoms with Crippen molar-refractivity contribution >= 4 is 5.97 Å². The highest BCUT2D eigenvalue weighted by atomic mass is 16.6. The molecule has 2 saturated carbocycles. The molecule has 29 heavy (non-hydrogen) atoms. The number of carbonyl (C=O) groups is 1. The van der Waals surface area contributed by atoms with Gasteiger partial charge in [-0.15, -0.1) is 6.58 Å². The molecule has 4 N–H and O–H groups in total. The van der Waals surface area contributed by atoms with E-state index in [1.165, 1.54) is 13.0 Å². The minimum atomic E-state index is -1.98. The Morgan fingerprint density at radius 1 is 1.14 bits per heavy atom. The molecule has 1 heterocycles. The predicted octanol–water partition coefficient (Wildman–Crippen LogP) is 1.31. The molecule has 3 rings (SSSR count). The third-order valence-electron chi connectivity index (χ3n) is 8.27. The van der Waals surface area contributed by atoms with Gasteiger partial charge in [0.2, 0.25) is 0 Å². The maximum Gasteiger partial charge on any atom is 0.303 e. The van der Waals surface area contributed by atoms with Gasteiger partial charge in [-0.1, -0.05) is 26.8 Å². The van der Waals surface area contributed by atoms with Crippen LogP contribution in [0.4, 0.5) is 0 Å². The van der Waals surface area contributed by atoms with Crippen LogP contribution in [0.3, 0.4) is 0 Å². The monoisotopic (exact) mass is 412 g/mol. The molecular weight excluding hydrogens is 376 g/mol. The van der Waals surface area contributed by atoms with Crippen molar-refractivity contribution in [2.75, 3.05) is 0 Å². The third-order valence-corrected chi connectivity index (χ3v) is 8.27. The van der Waals surface area contributed by atoms with Gasteiger partial charge in [-0.2, -0.15) is 0 Å². The summed E-state index contributed by atoms with van der Waals surface area (Å²) in [5.74, 6) is -1.27. The lowest BCUT2D eigenvalue weighted by Gasteiger charge is -2.73. The van der Waals surface area contributed by atoms with Crippen LogP contribution in [0, 0.1) is 16.7 Å². The first-order chi connectivity index (χ1) is 13.1. The summed E-state index contributed by atoms with van der Waals surface area (Å²) in [5, 5.41) is 46.2. The first kappa shape index (κ1) is 22.7. The van der Waals surface area contributed by atoms with Gasteiger partial charge in [-0.05, 0) is 32.1 Å². The largest absolute Gasteiger partial charge is 0.457 e. The van der Waals surface area contributed by atoms with E-state index in [0.717, 1.165) is 0 Å². The second-order valence-electron chi connectivity index (χ2n) is 10.5. The highest BCUT2D eigenvalue weighted by Crippen LogP contribution is 2.67. The zero-order valence-corrected chi connectivity index (χ0v) is 18.3. The second kappa shape index (κ2) is 6.50. The van der Waals surface area contributed by atoms with Gasteiger partial charge in [0, 0.05) is 24.7 Å². The van der Waals surface area contributed by atoms with Crippen LogP contribution in [0.5, 0.6) is 0 Å². The van der Waals surface area contributed by atoms with E-state index in [-0.39, 0.29) is 6.42 Å². The molecule has 3 fully saturated rings. The molecule has 0 spiro atoms. The number of aliphatic hydroxyl groups excluding tert-OH is 3. The number of aliphatic hydroxyl groups is 4. The summed E-state index contributed by atoms with van der Waals surface area (Å²) in [6.45, 7) is 13.9. The Morgan fingerprint density at radius 3 is 2.24 bits per heavy atom. The van der Waals surface area contributed by atoms with E-state index in [1.807, 2.05) is 13.8 Å². The predicted molar refractivity (Wildman–Crippen MR) is 106 cm³/mol. The number of ether oxygens (including phenoxy) is 2. The fraction of sp³-hybridized carbons (Fsp3) is 0.864. The average Bonchev–Trinajstić information content (AvgIpc) is 2.59. The van der Waals surface area contributed by atoms with Crippen molar-refractivity contribution in [1.82, 2.24) is 0 Å². The molecule has 0 amide bonds. The van der Waals surface area contributed by atoms with Gasteiger partial charge < -0.3 is 29.9 Å². The molecule has 9 atom stereocenters. The Hall–Kier alpha value is -0.990. The lowest BCUT2D eigenvalue weighted by molar-refractivity contribution is -0.412. The maximum absolute atomic E-state index is 12.2.